The van der Waals surface area contributed by atoms with Crippen molar-refractivity contribution in [3.63, 3.8) is 0 Å². The molecule has 0 aliphatic heterocycles. The van der Waals surface area contributed by atoms with Crippen LogP contribution in [-0.2, 0) is 0 Å². The van der Waals surface area contributed by atoms with Crippen molar-refractivity contribution in [1.82, 2.24) is 0 Å². The molecule has 0 radical (unpaired) electrons. The third-order valence-electron chi connectivity index (χ3n) is 5.14. The van der Waals surface area contributed by atoms with Crippen LogP contribution in [-0.4, -0.2) is 12.3 Å². The first-order chi connectivity index (χ1) is 6.24. The number of aliphatic imine (C=N–C) groups is 1. The molecule has 0 spiro atoms. The van der Waals surface area contributed by atoms with Crippen LogP contribution in [0.3, 0.4) is 0 Å². The van der Waals surface area contributed by atoms with Gasteiger partial charge in [0.25, 0.3) is 0 Å². The summed E-state index contributed by atoms with van der Waals surface area (Å²) in [4.78, 5) is 4.41. The molecule has 5 atom stereocenters. The maximum Gasteiger partial charge on any atom is 0.0606 e. The van der Waals surface area contributed by atoms with Gasteiger partial charge in [-0.15, -0.1) is 0 Å². The molecule has 1 heteroatoms. The molecule has 0 N–H and O–H groups in total. The first-order valence-corrected chi connectivity index (χ1v) is 5.72. The summed E-state index contributed by atoms with van der Waals surface area (Å²) in [5.41, 5.74) is 0.260. The topological polar surface area (TPSA) is 12.4 Å². The molecule has 3 aliphatic rings. The van der Waals surface area contributed by atoms with E-state index in [2.05, 4.69) is 18.6 Å². The van der Waals surface area contributed by atoms with Gasteiger partial charge in [0.2, 0.25) is 0 Å². The molecule has 72 valence electrons. The number of rotatable bonds is 1. The van der Waals surface area contributed by atoms with Gasteiger partial charge in [0.05, 0.1) is 5.54 Å². The lowest BCUT2D eigenvalue weighted by Crippen LogP contribution is -2.36. The molecule has 5 unspecified atom stereocenters. The molecule has 0 aromatic rings. The molecule has 3 aliphatic carbocycles. The van der Waals surface area contributed by atoms with E-state index in [1.54, 1.807) is 0 Å². The third-order valence-corrected chi connectivity index (χ3v) is 5.14. The lowest BCUT2D eigenvalue weighted by Gasteiger charge is -2.37. The normalized spacial score (nSPS) is 58.2. The summed E-state index contributed by atoms with van der Waals surface area (Å²) in [5, 5.41) is 0. The van der Waals surface area contributed by atoms with Crippen LogP contribution in [0.15, 0.2) is 4.99 Å². The molecule has 13 heavy (non-hydrogen) atoms. The highest BCUT2D eigenvalue weighted by molar-refractivity contribution is 5.28. The fraction of sp³-hybridized carbons (Fsp3) is 0.917. The van der Waals surface area contributed by atoms with Gasteiger partial charge in [-0.25, -0.2) is 0 Å². The Morgan fingerprint density at radius 1 is 1.31 bits per heavy atom. The van der Waals surface area contributed by atoms with Gasteiger partial charge in [0.15, 0.2) is 0 Å². The van der Waals surface area contributed by atoms with Crippen LogP contribution in [0.5, 0.6) is 0 Å². The first-order valence-electron chi connectivity index (χ1n) is 5.72. The van der Waals surface area contributed by atoms with E-state index in [4.69, 9.17) is 0 Å². The van der Waals surface area contributed by atoms with Crippen molar-refractivity contribution in [2.75, 3.05) is 0 Å². The van der Waals surface area contributed by atoms with E-state index in [-0.39, 0.29) is 5.54 Å². The van der Waals surface area contributed by atoms with Gasteiger partial charge in [0.1, 0.15) is 0 Å². The minimum absolute atomic E-state index is 0.260. The van der Waals surface area contributed by atoms with E-state index in [0.29, 0.717) is 0 Å². The molecular weight excluding hydrogens is 158 g/mol. The van der Waals surface area contributed by atoms with Crippen molar-refractivity contribution in [1.29, 1.82) is 0 Å². The van der Waals surface area contributed by atoms with Gasteiger partial charge in [-0.05, 0) is 63.0 Å². The van der Waals surface area contributed by atoms with E-state index in [1.807, 2.05) is 0 Å². The average Bonchev–Trinajstić information content (AvgIpc) is 2.72. The Kier molecular flexibility index (Phi) is 1.46. The van der Waals surface area contributed by atoms with E-state index in [9.17, 15) is 0 Å². The Hall–Kier alpha value is -0.330. The summed E-state index contributed by atoms with van der Waals surface area (Å²) in [7, 11) is 0. The van der Waals surface area contributed by atoms with Crippen molar-refractivity contribution in [2.45, 2.75) is 44.6 Å². The Morgan fingerprint density at radius 3 is 2.85 bits per heavy atom. The quantitative estimate of drug-likeness (QED) is 0.546. The Bertz CT molecular complexity index is 248. The number of hydrogen-bond donors (Lipinski definition) is 0. The standard InChI is InChI=1S/C12H19N/c1-12(13-2)7-8-6-11(12)10-5-3-4-9(8)10/h8-11H,2-7H2,1H3. The fourth-order valence-electron chi connectivity index (χ4n) is 4.59. The van der Waals surface area contributed by atoms with Crippen LogP contribution in [0.25, 0.3) is 0 Å². The second-order valence-electron chi connectivity index (χ2n) is 5.58. The van der Waals surface area contributed by atoms with Crippen molar-refractivity contribution >= 4 is 6.72 Å². The average molecular weight is 177 g/mol. The summed E-state index contributed by atoms with van der Waals surface area (Å²) in [6.07, 6.45) is 7.28. The summed E-state index contributed by atoms with van der Waals surface area (Å²) < 4.78 is 0. The summed E-state index contributed by atoms with van der Waals surface area (Å²) >= 11 is 0. The summed E-state index contributed by atoms with van der Waals surface area (Å²) in [6.45, 7) is 6.13. The molecule has 2 bridgehead atoms. The number of fused-ring (bicyclic) bond motifs is 5. The highest BCUT2D eigenvalue weighted by Crippen LogP contribution is 2.63. The largest absolute Gasteiger partial charge is 0.294 e. The van der Waals surface area contributed by atoms with E-state index in [1.165, 1.54) is 32.1 Å². The molecule has 0 aromatic carbocycles. The van der Waals surface area contributed by atoms with Gasteiger partial charge in [-0.1, -0.05) is 6.42 Å². The lowest BCUT2D eigenvalue weighted by atomic mass is 9.72. The van der Waals surface area contributed by atoms with Crippen molar-refractivity contribution in [2.24, 2.45) is 28.7 Å². The molecule has 0 saturated heterocycles. The van der Waals surface area contributed by atoms with Gasteiger partial charge >= 0.3 is 0 Å². The minimum Gasteiger partial charge on any atom is -0.294 e. The Labute approximate surface area is 80.6 Å². The predicted octanol–water partition coefficient (Wildman–Crippen LogP) is 2.90. The summed E-state index contributed by atoms with van der Waals surface area (Å²) in [6, 6.07) is 0. The molecule has 3 rings (SSSR count). The lowest BCUT2D eigenvalue weighted by molar-refractivity contribution is 0.173. The van der Waals surface area contributed by atoms with Crippen molar-refractivity contribution in [3.8, 4) is 0 Å². The predicted molar refractivity (Wildman–Crippen MR) is 55.0 cm³/mol. The van der Waals surface area contributed by atoms with Crippen molar-refractivity contribution in [3.05, 3.63) is 0 Å². The van der Waals surface area contributed by atoms with Gasteiger partial charge < -0.3 is 0 Å². The highest BCUT2D eigenvalue weighted by Gasteiger charge is 2.58. The van der Waals surface area contributed by atoms with Crippen LogP contribution >= 0.6 is 0 Å². The molecule has 3 saturated carbocycles. The highest BCUT2D eigenvalue weighted by atomic mass is 14.9. The first kappa shape index (κ1) is 8.02. The van der Waals surface area contributed by atoms with Gasteiger partial charge in [0, 0.05) is 0 Å². The Morgan fingerprint density at radius 2 is 2.08 bits per heavy atom. The van der Waals surface area contributed by atoms with Crippen molar-refractivity contribution < 1.29 is 0 Å². The van der Waals surface area contributed by atoms with Crippen LogP contribution in [0.2, 0.25) is 0 Å². The molecule has 0 aromatic heterocycles. The Balaban J connectivity index is 1.93. The third kappa shape index (κ3) is 0.858. The maximum atomic E-state index is 4.41. The minimum atomic E-state index is 0.260. The zero-order chi connectivity index (χ0) is 9.05. The second-order valence-corrected chi connectivity index (χ2v) is 5.58. The summed E-state index contributed by atoms with van der Waals surface area (Å²) in [5.74, 6) is 4.00. The smallest absolute Gasteiger partial charge is 0.0606 e. The monoisotopic (exact) mass is 177 g/mol. The van der Waals surface area contributed by atoms with Crippen LogP contribution in [0, 0.1) is 23.7 Å². The number of hydrogen-bond acceptors (Lipinski definition) is 1. The zero-order valence-corrected chi connectivity index (χ0v) is 8.50. The molecule has 3 fully saturated rings. The van der Waals surface area contributed by atoms with Crippen LogP contribution in [0.1, 0.15) is 39.0 Å². The molecule has 0 heterocycles. The van der Waals surface area contributed by atoms with E-state index >= 15 is 0 Å². The van der Waals surface area contributed by atoms with Gasteiger partial charge in [-0.2, -0.15) is 0 Å². The van der Waals surface area contributed by atoms with Crippen LogP contribution < -0.4 is 0 Å². The number of nitrogens with zero attached hydrogens (tertiary/aromatic N) is 1. The maximum absolute atomic E-state index is 4.41. The zero-order valence-electron chi connectivity index (χ0n) is 8.50. The molecule has 1 nitrogen and oxygen atoms in total. The van der Waals surface area contributed by atoms with Gasteiger partial charge in [-0.3, -0.25) is 4.99 Å². The molecule has 0 amide bonds. The van der Waals surface area contributed by atoms with Crippen LogP contribution in [0.4, 0.5) is 0 Å². The molecular formula is C12H19N. The van der Waals surface area contributed by atoms with E-state index < -0.39 is 0 Å². The fourth-order valence-corrected chi connectivity index (χ4v) is 4.59. The second kappa shape index (κ2) is 2.37. The van der Waals surface area contributed by atoms with E-state index in [0.717, 1.165) is 23.7 Å². The SMILES string of the molecule is C=NC1(C)CC2CC1C1CCCC21.